The number of rotatable bonds is 3. The number of benzene rings is 1. The van der Waals surface area contributed by atoms with Gasteiger partial charge in [-0.3, -0.25) is 0 Å². The van der Waals surface area contributed by atoms with Crippen LogP contribution in [0.4, 0.5) is 17.2 Å². The van der Waals surface area contributed by atoms with Crippen LogP contribution in [-0.4, -0.2) is 4.98 Å². The highest BCUT2D eigenvalue weighted by Gasteiger charge is 2.03. The van der Waals surface area contributed by atoms with Crippen molar-refractivity contribution >= 4 is 17.2 Å². The number of hydrogen-bond acceptors (Lipinski definition) is 3. The average molecular weight is 227 g/mol. The minimum Gasteiger partial charge on any atom is -0.384 e. The van der Waals surface area contributed by atoms with Crippen molar-refractivity contribution in [1.82, 2.24) is 4.98 Å². The quantitative estimate of drug-likeness (QED) is 0.846. The molecule has 0 saturated carbocycles. The molecule has 0 saturated heterocycles. The molecule has 3 N–H and O–H groups in total. The lowest BCUT2D eigenvalue weighted by Gasteiger charge is -2.11. The molecule has 0 aliphatic rings. The van der Waals surface area contributed by atoms with Gasteiger partial charge in [0, 0.05) is 23.6 Å². The number of aromatic nitrogens is 1. The van der Waals surface area contributed by atoms with Gasteiger partial charge in [-0.15, -0.1) is 0 Å². The van der Waals surface area contributed by atoms with Gasteiger partial charge >= 0.3 is 0 Å². The molecule has 2 rings (SSSR count). The first-order valence-electron chi connectivity index (χ1n) is 5.77. The third kappa shape index (κ3) is 2.75. The van der Waals surface area contributed by atoms with E-state index in [-0.39, 0.29) is 0 Å². The van der Waals surface area contributed by atoms with Crippen LogP contribution in [0.2, 0.25) is 0 Å². The minimum atomic E-state index is 0.539. The molecule has 3 heteroatoms. The summed E-state index contributed by atoms with van der Waals surface area (Å²) in [7, 11) is 0. The molecule has 0 aliphatic heterocycles. The van der Waals surface area contributed by atoms with Crippen molar-refractivity contribution in [3.05, 3.63) is 47.7 Å². The van der Waals surface area contributed by atoms with E-state index in [1.807, 2.05) is 24.4 Å². The number of aryl methyl sites for hydroxylation is 2. The summed E-state index contributed by atoms with van der Waals surface area (Å²) in [5.74, 6) is 0.539. The van der Waals surface area contributed by atoms with E-state index in [4.69, 9.17) is 5.73 Å². The van der Waals surface area contributed by atoms with Crippen molar-refractivity contribution in [2.24, 2.45) is 0 Å². The Morgan fingerprint density at radius 2 is 2.12 bits per heavy atom. The van der Waals surface area contributed by atoms with Crippen LogP contribution in [0.3, 0.4) is 0 Å². The molecule has 88 valence electrons. The first-order chi connectivity index (χ1) is 8.19. The van der Waals surface area contributed by atoms with Crippen LogP contribution in [-0.2, 0) is 6.42 Å². The fourth-order valence-electron chi connectivity index (χ4n) is 1.78. The zero-order chi connectivity index (χ0) is 12.3. The molecule has 0 aliphatic carbocycles. The molecule has 0 spiro atoms. The molecule has 0 bridgehead atoms. The molecule has 2 aromatic rings. The first kappa shape index (κ1) is 11.5. The number of pyridine rings is 1. The fraction of sp³-hybridized carbons (Fsp3) is 0.214. The van der Waals surface area contributed by atoms with Crippen LogP contribution in [0.15, 0.2) is 36.5 Å². The van der Waals surface area contributed by atoms with Crippen molar-refractivity contribution in [2.75, 3.05) is 11.1 Å². The van der Waals surface area contributed by atoms with Gasteiger partial charge in [-0.05, 0) is 36.6 Å². The van der Waals surface area contributed by atoms with E-state index < -0.39 is 0 Å². The highest BCUT2D eigenvalue weighted by Crippen LogP contribution is 2.23. The Kier molecular flexibility index (Phi) is 3.28. The Labute approximate surface area is 102 Å². The number of nitrogen functional groups attached to an aromatic ring is 1. The summed E-state index contributed by atoms with van der Waals surface area (Å²) >= 11 is 0. The summed E-state index contributed by atoms with van der Waals surface area (Å²) in [6.07, 6.45) is 2.76. The molecule has 17 heavy (non-hydrogen) atoms. The molecular formula is C14H17N3. The highest BCUT2D eigenvalue weighted by molar-refractivity contribution is 5.65. The number of hydrogen-bond donors (Lipinski definition) is 2. The second-order valence-corrected chi connectivity index (χ2v) is 4.11. The Hall–Kier alpha value is -2.03. The molecule has 0 fully saturated rings. The zero-order valence-corrected chi connectivity index (χ0v) is 10.2. The van der Waals surface area contributed by atoms with E-state index in [1.165, 1.54) is 11.1 Å². The smallest absolute Gasteiger partial charge is 0.125 e. The molecule has 3 nitrogen and oxygen atoms in total. The van der Waals surface area contributed by atoms with E-state index in [1.54, 1.807) is 0 Å². The van der Waals surface area contributed by atoms with Crippen molar-refractivity contribution in [3.8, 4) is 0 Å². The monoisotopic (exact) mass is 227 g/mol. The zero-order valence-electron chi connectivity index (χ0n) is 10.2. The van der Waals surface area contributed by atoms with Crippen molar-refractivity contribution in [2.45, 2.75) is 20.3 Å². The Bertz CT molecular complexity index is 521. The highest BCUT2D eigenvalue weighted by atomic mass is 14.9. The normalized spacial score (nSPS) is 10.2. The maximum absolute atomic E-state index is 5.71. The Morgan fingerprint density at radius 1 is 1.29 bits per heavy atom. The van der Waals surface area contributed by atoms with Gasteiger partial charge in [0.15, 0.2) is 0 Å². The third-order valence-corrected chi connectivity index (χ3v) is 2.69. The Morgan fingerprint density at radius 3 is 2.82 bits per heavy atom. The van der Waals surface area contributed by atoms with Crippen LogP contribution >= 0.6 is 0 Å². The minimum absolute atomic E-state index is 0.539. The summed E-state index contributed by atoms with van der Waals surface area (Å²) in [5.41, 5.74) is 10.2. The van der Waals surface area contributed by atoms with Gasteiger partial charge in [-0.2, -0.15) is 0 Å². The van der Waals surface area contributed by atoms with Gasteiger partial charge in [0.1, 0.15) is 5.82 Å². The lowest BCUT2D eigenvalue weighted by molar-refractivity contribution is 1.11. The van der Waals surface area contributed by atoms with E-state index in [0.717, 1.165) is 17.8 Å². The second-order valence-electron chi connectivity index (χ2n) is 4.11. The van der Waals surface area contributed by atoms with Crippen LogP contribution < -0.4 is 11.1 Å². The van der Waals surface area contributed by atoms with E-state index >= 15 is 0 Å². The fourth-order valence-corrected chi connectivity index (χ4v) is 1.78. The van der Waals surface area contributed by atoms with E-state index in [9.17, 15) is 0 Å². The van der Waals surface area contributed by atoms with Crippen molar-refractivity contribution in [3.63, 3.8) is 0 Å². The van der Waals surface area contributed by atoms with E-state index in [0.29, 0.717) is 5.82 Å². The van der Waals surface area contributed by atoms with Crippen molar-refractivity contribution in [1.29, 1.82) is 0 Å². The maximum Gasteiger partial charge on any atom is 0.125 e. The average Bonchev–Trinajstić information content (AvgIpc) is 2.29. The second kappa shape index (κ2) is 4.87. The summed E-state index contributed by atoms with van der Waals surface area (Å²) in [6.45, 7) is 4.18. The topological polar surface area (TPSA) is 50.9 Å². The largest absolute Gasteiger partial charge is 0.384 e. The van der Waals surface area contributed by atoms with Crippen LogP contribution in [0.25, 0.3) is 0 Å². The van der Waals surface area contributed by atoms with Crippen LogP contribution in [0.1, 0.15) is 18.1 Å². The molecule has 0 amide bonds. The maximum atomic E-state index is 5.71. The SMILES string of the molecule is CCc1cnc(N)cc1Nc1cccc(C)c1. The summed E-state index contributed by atoms with van der Waals surface area (Å²) < 4.78 is 0. The molecule has 1 heterocycles. The lowest BCUT2D eigenvalue weighted by atomic mass is 10.1. The molecule has 0 atom stereocenters. The number of nitrogens with one attached hydrogen (secondary N) is 1. The molecule has 0 unspecified atom stereocenters. The number of anilines is 3. The summed E-state index contributed by atoms with van der Waals surface area (Å²) in [5, 5.41) is 3.39. The van der Waals surface area contributed by atoms with Gasteiger partial charge < -0.3 is 11.1 Å². The van der Waals surface area contributed by atoms with Gasteiger partial charge in [-0.25, -0.2) is 4.98 Å². The lowest BCUT2D eigenvalue weighted by Crippen LogP contribution is -1.99. The van der Waals surface area contributed by atoms with Crippen LogP contribution in [0.5, 0.6) is 0 Å². The number of nitrogens with two attached hydrogens (primary N) is 1. The van der Waals surface area contributed by atoms with Gasteiger partial charge in [0.05, 0.1) is 0 Å². The molecular weight excluding hydrogens is 210 g/mol. The molecule has 0 radical (unpaired) electrons. The molecule has 1 aromatic carbocycles. The first-order valence-corrected chi connectivity index (χ1v) is 5.77. The van der Waals surface area contributed by atoms with Gasteiger partial charge in [0.2, 0.25) is 0 Å². The predicted molar refractivity (Wildman–Crippen MR) is 72.5 cm³/mol. The van der Waals surface area contributed by atoms with Gasteiger partial charge in [0.25, 0.3) is 0 Å². The molecule has 1 aromatic heterocycles. The Balaban J connectivity index is 2.32. The van der Waals surface area contributed by atoms with Crippen molar-refractivity contribution < 1.29 is 0 Å². The summed E-state index contributed by atoms with van der Waals surface area (Å²) in [4.78, 5) is 4.11. The standard InChI is InChI=1S/C14H17N3/c1-3-11-9-16-14(15)8-13(11)17-12-6-4-5-10(2)7-12/h4-9H,3H2,1-2H3,(H3,15,16,17). The van der Waals surface area contributed by atoms with E-state index in [2.05, 4.69) is 36.3 Å². The van der Waals surface area contributed by atoms with Crippen LogP contribution in [0, 0.1) is 6.92 Å². The third-order valence-electron chi connectivity index (χ3n) is 2.69. The number of nitrogens with zero attached hydrogens (tertiary/aromatic N) is 1. The predicted octanol–water partition coefficient (Wildman–Crippen LogP) is 3.28. The van der Waals surface area contributed by atoms with Gasteiger partial charge in [-0.1, -0.05) is 19.1 Å². The summed E-state index contributed by atoms with van der Waals surface area (Å²) in [6, 6.07) is 10.1.